The van der Waals surface area contributed by atoms with Gasteiger partial charge in [0.2, 0.25) is 0 Å². The molecule has 5 nitrogen and oxygen atoms in total. The average Bonchev–Trinajstić information content (AvgIpc) is 2.36. The highest BCUT2D eigenvalue weighted by Crippen LogP contribution is 2.19. The number of nitrogens with one attached hydrogen (secondary N) is 2. The van der Waals surface area contributed by atoms with Crippen molar-refractivity contribution in [2.75, 3.05) is 6.54 Å². The molecule has 0 aromatic heterocycles. The molecule has 0 spiro atoms. The van der Waals surface area contributed by atoms with Gasteiger partial charge in [-0.15, -0.1) is 0 Å². The number of hydrogen-bond donors (Lipinski definition) is 3. The number of carbonyl (C=O) groups excluding carboxylic acids is 1. The molecule has 0 aliphatic heterocycles. The Hall–Kier alpha value is -2.11. The molecule has 6 heteroatoms. The van der Waals surface area contributed by atoms with E-state index in [1.807, 2.05) is 0 Å². The van der Waals surface area contributed by atoms with E-state index >= 15 is 0 Å². The normalized spacial score (nSPS) is 12.6. The molecule has 116 valence electrons. The molecule has 1 aromatic rings. The van der Waals surface area contributed by atoms with Gasteiger partial charge in [-0.2, -0.15) is 0 Å². The lowest BCUT2D eigenvalue weighted by Gasteiger charge is -2.27. The Labute approximate surface area is 123 Å². The van der Waals surface area contributed by atoms with Crippen LogP contribution in [0.15, 0.2) is 24.3 Å². The number of urea groups is 1. The number of carboxylic acid groups (broad SMARTS) is 1. The van der Waals surface area contributed by atoms with Gasteiger partial charge in [-0.1, -0.05) is 32.9 Å². The summed E-state index contributed by atoms with van der Waals surface area (Å²) in [5.74, 6) is -1.38. The van der Waals surface area contributed by atoms with Crippen molar-refractivity contribution in [1.29, 1.82) is 0 Å². The van der Waals surface area contributed by atoms with Crippen LogP contribution in [-0.4, -0.2) is 29.7 Å². The average molecular weight is 296 g/mol. The summed E-state index contributed by atoms with van der Waals surface area (Å²) in [6.45, 7) is 5.56. The molecule has 1 rings (SSSR count). The van der Waals surface area contributed by atoms with E-state index in [1.165, 1.54) is 12.1 Å². The van der Waals surface area contributed by atoms with Gasteiger partial charge in [0.25, 0.3) is 0 Å². The van der Waals surface area contributed by atoms with E-state index in [4.69, 9.17) is 5.11 Å². The molecule has 0 fully saturated rings. The molecule has 1 aromatic carbocycles. The van der Waals surface area contributed by atoms with Gasteiger partial charge in [0, 0.05) is 6.54 Å². The molecule has 0 heterocycles. The van der Waals surface area contributed by atoms with Crippen LogP contribution in [0, 0.1) is 11.2 Å². The molecular formula is C15H21FN2O3. The molecule has 0 saturated carbocycles. The van der Waals surface area contributed by atoms with Gasteiger partial charge in [0.1, 0.15) is 11.9 Å². The molecule has 21 heavy (non-hydrogen) atoms. The lowest BCUT2D eigenvalue weighted by Crippen LogP contribution is -2.52. The van der Waals surface area contributed by atoms with Crippen molar-refractivity contribution in [3.8, 4) is 0 Å². The fraction of sp³-hybridized carbons (Fsp3) is 0.467. The van der Waals surface area contributed by atoms with Crippen LogP contribution in [0.1, 0.15) is 26.3 Å². The van der Waals surface area contributed by atoms with Crippen LogP contribution in [0.5, 0.6) is 0 Å². The van der Waals surface area contributed by atoms with E-state index < -0.39 is 23.5 Å². The SMILES string of the molecule is CC(C)(C)C(NC(=O)NCCc1ccc(F)cc1)C(=O)O. The first kappa shape index (κ1) is 16.9. The van der Waals surface area contributed by atoms with E-state index in [0.717, 1.165) is 5.56 Å². The number of benzene rings is 1. The minimum Gasteiger partial charge on any atom is -0.480 e. The molecule has 0 saturated heterocycles. The summed E-state index contributed by atoms with van der Waals surface area (Å²) < 4.78 is 12.7. The summed E-state index contributed by atoms with van der Waals surface area (Å²) in [5, 5.41) is 14.1. The summed E-state index contributed by atoms with van der Waals surface area (Å²) in [4.78, 5) is 22.8. The van der Waals surface area contributed by atoms with Crippen molar-refractivity contribution >= 4 is 12.0 Å². The number of carboxylic acids is 1. The minimum absolute atomic E-state index is 0.307. The van der Waals surface area contributed by atoms with Crippen LogP contribution in [0.25, 0.3) is 0 Å². The maximum Gasteiger partial charge on any atom is 0.326 e. The monoisotopic (exact) mass is 296 g/mol. The number of amides is 2. The summed E-state index contributed by atoms with van der Waals surface area (Å²) in [6, 6.07) is 4.50. The summed E-state index contributed by atoms with van der Waals surface area (Å²) in [7, 11) is 0. The smallest absolute Gasteiger partial charge is 0.326 e. The zero-order valence-corrected chi connectivity index (χ0v) is 12.4. The second-order valence-corrected chi connectivity index (χ2v) is 5.91. The maximum atomic E-state index is 12.7. The van der Waals surface area contributed by atoms with Crippen LogP contribution in [0.3, 0.4) is 0 Å². The predicted molar refractivity (Wildman–Crippen MR) is 77.5 cm³/mol. The molecule has 1 atom stereocenters. The van der Waals surface area contributed by atoms with Crippen LogP contribution >= 0.6 is 0 Å². The fourth-order valence-corrected chi connectivity index (χ4v) is 1.80. The predicted octanol–water partition coefficient (Wildman–Crippen LogP) is 2.17. The molecular weight excluding hydrogens is 275 g/mol. The Balaban J connectivity index is 2.43. The lowest BCUT2D eigenvalue weighted by molar-refractivity contribution is -0.141. The number of rotatable bonds is 5. The third kappa shape index (κ3) is 5.81. The third-order valence-electron chi connectivity index (χ3n) is 3.00. The first-order chi connectivity index (χ1) is 9.70. The second-order valence-electron chi connectivity index (χ2n) is 5.91. The van der Waals surface area contributed by atoms with Crippen molar-refractivity contribution in [2.24, 2.45) is 5.41 Å². The summed E-state index contributed by atoms with van der Waals surface area (Å²) in [5.41, 5.74) is 0.308. The van der Waals surface area contributed by atoms with E-state index in [0.29, 0.717) is 13.0 Å². The quantitative estimate of drug-likeness (QED) is 0.779. The highest BCUT2D eigenvalue weighted by Gasteiger charge is 2.32. The van der Waals surface area contributed by atoms with Crippen LogP contribution < -0.4 is 10.6 Å². The standard InChI is InChI=1S/C15H21FN2O3/c1-15(2,3)12(13(19)20)18-14(21)17-9-8-10-4-6-11(16)7-5-10/h4-7,12H,8-9H2,1-3H3,(H,19,20)(H2,17,18,21). The van der Waals surface area contributed by atoms with Gasteiger partial charge in [-0.25, -0.2) is 14.0 Å². The highest BCUT2D eigenvalue weighted by atomic mass is 19.1. The lowest BCUT2D eigenvalue weighted by atomic mass is 9.87. The van der Waals surface area contributed by atoms with E-state index in [9.17, 15) is 14.0 Å². The van der Waals surface area contributed by atoms with E-state index in [2.05, 4.69) is 10.6 Å². The largest absolute Gasteiger partial charge is 0.480 e. The minimum atomic E-state index is -1.07. The molecule has 3 N–H and O–H groups in total. The summed E-state index contributed by atoms with van der Waals surface area (Å²) >= 11 is 0. The first-order valence-corrected chi connectivity index (χ1v) is 6.72. The molecule has 0 aliphatic carbocycles. The van der Waals surface area contributed by atoms with Crippen molar-refractivity contribution in [3.05, 3.63) is 35.6 Å². The molecule has 0 bridgehead atoms. The topological polar surface area (TPSA) is 78.4 Å². The second kappa shape index (κ2) is 7.06. The molecule has 0 radical (unpaired) electrons. The number of hydrogen-bond acceptors (Lipinski definition) is 2. The zero-order chi connectivity index (χ0) is 16.0. The van der Waals surface area contributed by atoms with E-state index in [1.54, 1.807) is 32.9 Å². The van der Waals surface area contributed by atoms with Crippen LogP contribution in [0.2, 0.25) is 0 Å². The van der Waals surface area contributed by atoms with E-state index in [-0.39, 0.29) is 5.82 Å². The van der Waals surface area contributed by atoms with Crippen molar-refractivity contribution in [1.82, 2.24) is 10.6 Å². The van der Waals surface area contributed by atoms with Gasteiger partial charge < -0.3 is 15.7 Å². The maximum absolute atomic E-state index is 12.7. The summed E-state index contributed by atoms with van der Waals surface area (Å²) in [6.07, 6.45) is 0.543. The third-order valence-corrected chi connectivity index (χ3v) is 3.00. The van der Waals surface area contributed by atoms with Gasteiger partial charge in [0.05, 0.1) is 0 Å². The zero-order valence-electron chi connectivity index (χ0n) is 12.4. The van der Waals surface area contributed by atoms with Crippen molar-refractivity contribution < 1.29 is 19.1 Å². The Kier molecular flexibility index (Phi) is 5.69. The number of halogens is 1. The Bertz CT molecular complexity index is 495. The van der Waals surface area contributed by atoms with Gasteiger partial charge >= 0.3 is 12.0 Å². The van der Waals surface area contributed by atoms with Crippen molar-refractivity contribution in [2.45, 2.75) is 33.2 Å². The molecule has 1 unspecified atom stereocenters. The highest BCUT2D eigenvalue weighted by molar-refractivity contribution is 5.83. The Morgan fingerprint density at radius 2 is 1.81 bits per heavy atom. The molecule has 0 aliphatic rings. The van der Waals surface area contributed by atoms with Crippen molar-refractivity contribution in [3.63, 3.8) is 0 Å². The Morgan fingerprint density at radius 1 is 1.24 bits per heavy atom. The van der Waals surface area contributed by atoms with Gasteiger partial charge in [0.15, 0.2) is 0 Å². The number of carbonyl (C=O) groups is 2. The number of aliphatic carboxylic acids is 1. The Morgan fingerprint density at radius 3 is 2.29 bits per heavy atom. The van der Waals surface area contributed by atoms with Gasteiger partial charge in [-0.05, 0) is 29.5 Å². The van der Waals surface area contributed by atoms with Gasteiger partial charge in [-0.3, -0.25) is 0 Å². The van der Waals surface area contributed by atoms with Crippen LogP contribution in [0.4, 0.5) is 9.18 Å². The fourth-order valence-electron chi connectivity index (χ4n) is 1.80. The van der Waals surface area contributed by atoms with Crippen LogP contribution in [-0.2, 0) is 11.2 Å². The molecule has 2 amide bonds. The first-order valence-electron chi connectivity index (χ1n) is 6.72.